The lowest BCUT2D eigenvalue weighted by molar-refractivity contribution is 0.0989. The zero-order valence-corrected chi connectivity index (χ0v) is 13.4. The second kappa shape index (κ2) is 6.25. The number of carbonyl (C=O) groups excluding carboxylic acids is 1. The molecule has 3 heteroatoms. The Morgan fingerprint density at radius 1 is 1.19 bits per heavy atom. The maximum atomic E-state index is 12.4. The maximum Gasteiger partial charge on any atom is 0.170 e. The number of nitrogens with zero attached hydrogens (tertiary/aromatic N) is 2. The van der Waals surface area contributed by atoms with Crippen LogP contribution in [-0.4, -0.2) is 15.3 Å². The van der Waals surface area contributed by atoms with E-state index < -0.39 is 0 Å². The highest BCUT2D eigenvalue weighted by Crippen LogP contribution is 2.22. The number of rotatable bonds is 5. The second-order valence-electron chi connectivity index (χ2n) is 6.46. The molecule has 0 saturated heterocycles. The molecule has 0 unspecified atom stereocenters. The smallest absolute Gasteiger partial charge is 0.170 e. The molecule has 0 atom stereocenters. The van der Waals surface area contributed by atoms with Crippen LogP contribution in [0.4, 0.5) is 0 Å². The van der Waals surface area contributed by atoms with Gasteiger partial charge in [-0.1, -0.05) is 52.0 Å². The van der Waals surface area contributed by atoms with E-state index in [-0.39, 0.29) is 11.2 Å². The zero-order valence-electron chi connectivity index (χ0n) is 13.4. The van der Waals surface area contributed by atoms with E-state index in [0.717, 1.165) is 24.4 Å². The van der Waals surface area contributed by atoms with Gasteiger partial charge in [0.1, 0.15) is 5.82 Å². The van der Waals surface area contributed by atoms with Gasteiger partial charge in [0.05, 0.1) is 6.42 Å². The Bertz CT molecular complexity index is 603. The topological polar surface area (TPSA) is 34.9 Å². The quantitative estimate of drug-likeness (QED) is 0.777. The number of Topliss-reactive ketones (excluding diaryl/α,β-unsaturated/α-hetero) is 1. The van der Waals surface area contributed by atoms with Gasteiger partial charge in [0, 0.05) is 24.5 Å². The Balaban J connectivity index is 2.11. The molecule has 1 aromatic carbocycles. The molecule has 2 aromatic rings. The van der Waals surface area contributed by atoms with Crippen molar-refractivity contribution in [2.75, 3.05) is 0 Å². The summed E-state index contributed by atoms with van der Waals surface area (Å²) in [6.07, 6.45) is 5.11. The van der Waals surface area contributed by atoms with Gasteiger partial charge in [-0.3, -0.25) is 4.79 Å². The third-order valence-electron chi connectivity index (χ3n) is 3.66. The lowest BCUT2D eigenvalue weighted by atomic mass is 9.86. The molecule has 0 fully saturated rings. The van der Waals surface area contributed by atoms with E-state index in [2.05, 4.69) is 37.2 Å². The number of aryl methyl sites for hydroxylation is 1. The van der Waals surface area contributed by atoms with Crippen LogP contribution in [-0.2, 0) is 18.4 Å². The van der Waals surface area contributed by atoms with E-state index in [0.29, 0.717) is 6.42 Å². The first-order valence-electron chi connectivity index (χ1n) is 7.55. The van der Waals surface area contributed by atoms with Gasteiger partial charge in [-0.15, -0.1) is 0 Å². The molecule has 112 valence electrons. The fraction of sp³-hybridized carbons (Fsp3) is 0.444. The summed E-state index contributed by atoms with van der Waals surface area (Å²) in [7, 11) is 0. The van der Waals surface area contributed by atoms with Crippen LogP contribution in [0.25, 0.3) is 0 Å². The van der Waals surface area contributed by atoms with Crippen molar-refractivity contribution in [2.24, 2.45) is 0 Å². The van der Waals surface area contributed by atoms with Gasteiger partial charge < -0.3 is 4.57 Å². The second-order valence-corrected chi connectivity index (χ2v) is 6.46. The molecule has 1 aromatic heterocycles. The highest BCUT2D eigenvalue weighted by Gasteiger charge is 2.15. The molecule has 0 saturated carbocycles. The minimum absolute atomic E-state index is 0.110. The molecule has 0 bridgehead atoms. The van der Waals surface area contributed by atoms with Crippen molar-refractivity contribution in [3.05, 3.63) is 53.6 Å². The minimum atomic E-state index is 0.110. The highest BCUT2D eigenvalue weighted by atomic mass is 16.1. The number of imidazole rings is 1. The van der Waals surface area contributed by atoms with Crippen molar-refractivity contribution < 1.29 is 4.79 Å². The normalized spacial score (nSPS) is 11.6. The first kappa shape index (κ1) is 15.5. The number of ketones is 1. The van der Waals surface area contributed by atoms with E-state index in [9.17, 15) is 4.79 Å². The van der Waals surface area contributed by atoms with Crippen LogP contribution in [0.3, 0.4) is 0 Å². The Hall–Kier alpha value is -1.90. The monoisotopic (exact) mass is 284 g/mol. The number of benzene rings is 1. The zero-order chi connectivity index (χ0) is 15.5. The van der Waals surface area contributed by atoms with Crippen molar-refractivity contribution in [3.8, 4) is 0 Å². The molecule has 3 nitrogen and oxygen atoms in total. The average Bonchev–Trinajstić information content (AvgIpc) is 2.86. The van der Waals surface area contributed by atoms with E-state index in [1.54, 1.807) is 6.20 Å². The molecular weight excluding hydrogens is 260 g/mol. The van der Waals surface area contributed by atoms with Gasteiger partial charge in [-0.05, 0) is 17.4 Å². The summed E-state index contributed by atoms with van der Waals surface area (Å²) in [6.45, 7) is 9.55. The lowest BCUT2D eigenvalue weighted by Crippen LogP contribution is -2.13. The lowest BCUT2D eigenvalue weighted by Gasteiger charge is -2.19. The van der Waals surface area contributed by atoms with Crippen LogP contribution in [0.2, 0.25) is 0 Å². The first-order chi connectivity index (χ1) is 9.91. The summed E-state index contributed by atoms with van der Waals surface area (Å²) in [5, 5.41) is 0. The Morgan fingerprint density at radius 2 is 1.86 bits per heavy atom. The standard InChI is InChI=1S/C18H24N2O/c1-5-11-20-12-10-19-17(20)13-16(21)14-6-8-15(9-7-14)18(2,3)4/h6-10,12H,5,11,13H2,1-4H3. The Morgan fingerprint density at radius 3 is 2.43 bits per heavy atom. The summed E-state index contributed by atoms with van der Waals surface area (Å²) >= 11 is 0. The molecule has 2 rings (SSSR count). The van der Waals surface area contributed by atoms with Crippen molar-refractivity contribution in [2.45, 2.75) is 52.5 Å². The Kier molecular flexibility index (Phi) is 4.61. The molecule has 1 heterocycles. The summed E-state index contributed by atoms with van der Waals surface area (Å²) in [5.41, 5.74) is 2.11. The van der Waals surface area contributed by atoms with Gasteiger partial charge >= 0.3 is 0 Å². The SMILES string of the molecule is CCCn1ccnc1CC(=O)c1ccc(C(C)(C)C)cc1. The van der Waals surface area contributed by atoms with Crippen LogP contribution < -0.4 is 0 Å². The van der Waals surface area contributed by atoms with Gasteiger partial charge in [-0.2, -0.15) is 0 Å². The van der Waals surface area contributed by atoms with Crippen LogP contribution in [0, 0.1) is 0 Å². The molecule has 0 amide bonds. The van der Waals surface area contributed by atoms with Crippen LogP contribution in [0.15, 0.2) is 36.7 Å². The number of hydrogen-bond donors (Lipinski definition) is 0. The van der Waals surface area contributed by atoms with Gasteiger partial charge in [0.2, 0.25) is 0 Å². The summed E-state index contributed by atoms with van der Waals surface area (Å²) in [6, 6.07) is 7.95. The number of hydrogen-bond acceptors (Lipinski definition) is 2. The first-order valence-corrected chi connectivity index (χ1v) is 7.55. The summed E-state index contributed by atoms with van der Waals surface area (Å²) in [5.74, 6) is 0.973. The van der Waals surface area contributed by atoms with E-state index in [4.69, 9.17) is 0 Å². The molecular formula is C18H24N2O. The fourth-order valence-electron chi connectivity index (χ4n) is 2.35. The molecule has 0 aliphatic rings. The predicted molar refractivity (Wildman–Crippen MR) is 85.7 cm³/mol. The molecule has 0 aliphatic heterocycles. The molecule has 0 radical (unpaired) electrons. The van der Waals surface area contributed by atoms with E-state index in [1.807, 2.05) is 30.5 Å². The van der Waals surface area contributed by atoms with E-state index in [1.165, 1.54) is 5.56 Å². The number of aromatic nitrogens is 2. The van der Waals surface area contributed by atoms with Crippen molar-refractivity contribution >= 4 is 5.78 Å². The third kappa shape index (κ3) is 3.81. The number of carbonyl (C=O) groups is 1. The van der Waals surface area contributed by atoms with Crippen molar-refractivity contribution in [1.82, 2.24) is 9.55 Å². The third-order valence-corrected chi connectivity index (χ3v) is 3.66. The average molecular weight is 284 g/mol. The predicted octanol–water partition coefficient (Wildman–Crippen LogP) is 4.02. The molecule has 0 N–H and O–H groups in total. The van der Waals surface area contributed by atoms with Gasteiger partial charge in [0.25, 0.3) is 0 Å². The van der Waals surface area contributed by atoms with Crippen LogP contribution in [0.5, 0.6) is 0 Å². The molecule has 21 heavy (non-hydrogen) atoms. The maximum absolute atomic E-state index is 12.4. The van der Waals surface area contributed by atoms with Gasteiger partial charge in [0.15, 0.2) is 5.78 Å². The largest absolute Gasteiger partial charge is 0.335 e. The molecule has 0 spiro atoms. The van der Waals surface area contributed by atoms with Gasteiger partial charge in [-0.25, -0.2) is 4.98 Å². The fourth-order valence-corrected chi connectivity index (χ4v) is 2.35. The summed E-state index contributed by atoms with van der Waals surface area (Å²) in [4.78, 5) is 16.7. The minimum Gasteiger partial charge on any atom is -0.335 e. The highest BCUT2D eigenvalue weighted by molar-refractivity contribution is 5.97. The van der Waals surface area contributed by atoms with Crippen LogP contribution >= 0.6 is 0 Å². The van der Waals surface area contributed by atoms with E-state index >= 15 is 0 Å². The summed E-state index contributed by atoms with van der Waals surface area (Å²) < 4.78 is 2.06. The van der Waals surface area contributed by atoms with Crippen LogP contribution in [0.1, 0.15) is 55.9 Å². The Labute approximate surface area is 127 Å². The van der Waals surface area contributed by atoms with Crippen molar-refractivity contribution in [1.29, 1.82) is 0 Å². The van der Waals surface area contributed by atoms with Crippen molar-refractivity contribution in [3.63, 3.8) is 0 Å². The molecule has 0 aliphatic carbocycles.